The van der Waals surface area contributed by atoms with Gasteiger partial charge in [0.05, 0.1) is 18.8 Å². The van der Waals surface area contributed by atoms with Gasteiger partial charge < -0.3 is 15.5 Å². The average Bonchev–Trinajstić information content (AvgIpc) is 3.25. The Kier molecular flexibility index (Phi) is 47.0. The molecule has 338 valence electrons. The molecule has 0 saturated carbocycles. The van der Waals surface area contributed by atoms with E-state index in [1.165, 1.54) is 70.6 Å². The SMILES string of the molecule is CC/C=C\C/C=C\C/C=C\C/C=C\C/C=C\C/C=C\C/C=C\C/C=C\CCCCCCCCC(=O)NC(CO)C(O)/C=C/CC/C=C/CC/C=C/CCCCCCCCC. The van der Waals surface area contributed by atoms with Crippen LogP contribution in [0.4, 0.5) is 0 Å². The first-order valence-electron chi connectivity index (χ1n) is 24.4. The molecule has 0 bridgehead atoms. The standard InChI is InChI=1S/C56H91NO3/c1-3-5-7-9-11-13-15-17-19-21-22-23-24-25-26-27-28-29-30-31-32-33-34-36-38-40-42-44-46-48-50-52-56(60)57-54(53-58)55(59)51-49-47-45-43-41-39-37-35-20-18-16-14-12-10-8-6-4-2/h5,7,11,13,17,19-20,22-23,25-26,28-29,31-32,34-36,41,43,49,51,54-55,58-59H,3-4,6,8-10,12,14-16,18,21,24,27,30,33,37-40,42,44-48,50,52-53H2,1-2H3,(H,57,60)/b7-5-,13-11-,19-17-,23-22-,26-25-,29-28-,32-31-,35-20+,36-34-,43-41+,51-49+. The van der Waals surface area contributed by atoms with E-state index in [0.29, 0.717) is 6.42 Å². The minimum absolute atomic E-state index is 0.0996. The minimum Gasteiger partial charge on any atom is -0.394 e. The van der Waals surface area contributed by atoms with Gasteiger partial charge in [-0.25, -0.2) is 0 Å². The van der Waals surface area contributed by atoms with E-state index in [4.69, 9.17) is 0 Å². The Bertz CT molecular complexity index is 1260. The van der Waals surface area contributed by atoms with Crippen molar-refractivity contribution >= 4 is 5.91 Å². The maximum Gasteiger partial charge on any atom is 0.220 e. The van der Waals surface area contributed by atoms with Crippen LogP contribution in [-0.4, -0.2) is 34.9 Å². The lowest BCUT2D eigenvalue weighted by atomic mass is 10.1. The molecule has 0 aromatic rings. The molecule has 4 nitrogen and oxygen atoms in total. The normalized spacial score (nSPS) is 14.1. The molecule has 0 radical (unpaired) electrons. The summed E-state index contributed by atoms with van der Waals surface area (Å²) >= 11 is 0. The molecule has 0 saturated heterocycles. The molecule has 1 amide bonds. The van der Waals surface area contributed by atoms with Crippen molar-refractivity contribution in [3.63, 3.8) is 0 Å². The molecule has 0 aromatic carbocycles. The Morgan fingerprint density at radius 2 is 0.750 bits per heavy atom. The summed E-state index contributed by atoms with van der Waals surface area (Å²) in [4.78, 5) is 12.4. The van der Waals surface area contributed by atoms with Crippen molar-refractivity contribution in [2.24, 2.45) is 0 Å². The number of aliphatic hydroxyl groups excluding tert-OH is 2. The van der Waals surface area contributed by atoms with Crippen LogP contribution < -0.4 is 5.32 Å². The Labute approximate surface area is 371 Å². The Morgan fingerprint density at radius 1 is 0.417 bits per heavy atom. The monoisotopic (exact) mass is 826 g/mol. The third-order valence-corrected chi connectivity index (χ3v) is 10.1. The van der Waals surface area contributed by atoms with Crippen molar-refractivity contribution in [3.05, 3.63) is 134 Å². The molecule has 4 heteroatoms. The number of hydrogen-bond donors (Lipinski definition) is 3. The van der Waals surface area contributed by atoms with E-state index in [9.17, 15) is 15.0 Å². The molecule has 0 heterocycles. The van der Waals surface area contributed by atoms with Crippen LogP contribution in [0.15, 0.2) is 134 Å². The predicted octanol–water partition coefficient (Wildman–Crippen LogP) is 15.9. The zero-order chi connectivity index (χ0) is 43.5. The van der Waals surface area contributed by atoms with Gasteiger partial charge in [0.15, 0.2) is 0 Å². The number of hydrogen-bond acceptors (Lipinski definition) is 3. The van der Waals surface area contributed by atoms with Gasteiger partial charge >= 0.3 is 0 Å². The number of aliphatic hydroxyl groups is 2. The zero-order valence-corrected chi connectivity index (χ0v) is 38.7. The molecule has 3 N–H and O–H groups in total. The number of carbonyl (C=O) groups is 1. The number of carbonyl (C=O) groups excluding carboxylic acids is 1. The number of amides is 1. The molecular formula is C56H91NO3. The summed E-state index contributed by atoms with van der Waals surface area (Å²) in [5, 5.41) is 23.0. The van der Waals surface area contributed by atoms with E-state index in [0.717, 1.165) is 103 Å². The first kappa shape index (κ1) is 56.5. The molecule has 2 unspecified atom stereocenters. The second-order valence-electron chi connectivity index (χ2n) is 15.8. The fourth-order valence-electron chi connectivity index (χ4n) is 6.40. The maximum atomic E-state index is 12.4. The lowest BCUT2D eigenvalue weighted by Gasteiger charge is -2.19. The zero-order valence-electron chi connectivity index (χ0n) is 38.7. The number of rotatable bonds is 42. The van der Waals surface area contributed by atoms with Crippen molar-refractivity contribution in [2.45, 2.75) is 206 Å². The van der Waals surface area contributed by atoms with Crippen LogP contribution in [0.2, 0.25) is 0 Å². The molecule has 0 aliphatic rings. The van der Waals surface area contributed by atoms with Gasteiger partial charge in [0.1, 0.15) is 0 Å². The third-order valence-electron chi connectivity index (χ3n) is 10.1. The average molecular weight is 826 g/mol. The van der Waals surface area contributed by atoms with E-state index >= 15 is 0 Å². The first-order valence-corrected chi connectivity index (χ1v) is 24.4. The fourth-order valence-corrected chi connectivity index (χ4v) is 6.40. The predicted molar refractivity (Wildman–Crippen MR) is 266 cm³/mol. The van der Waals surface area contributed by atoms with Gasteiger partial charge in [-0.1, -0.05) is 212 Å². The summed E-state index contributed by atoms with van der Waals surface area (Å²) in [6.07, 6.45) is 78.5. The summed E-state index contributed by atoms with van der Waals surface area (Å²) in [6.45, 7) is 4.15. The molecule has 60 heavy (non-hydrogen) atoms. The largest absolute Gasteiger partial charge is 0.394 e. The van der Waals surface area contributed by atoms with Crippen LogP contribution in [0.1, 0.15) is 194 Å². The van der Waals surface area contributed by atoms with Crippen LogP contribution in [0.25, 0.3) is 0 Å². The van der Waals surface area contributed by atoms with E-state index in [-0.39, 0.29) is 12.5 Å². The van der Waals surface area contributed by atoms with Crippen molar-refractivity contribution in [3.8, 4) is 0 Å². The number of nitrogens with one attached hydrogen (secondary N) is 1. The minimum atomic E-state index is -0.886. The van der Waals surface area contributed by atoms with E-state index < -0.39 is 12.1 Å². The van der Waals surface area contributed by atoms with E-state index in [1.807, 2.05) is 6.08 Å². The lowest BCUT2D eigenvalue weighted by Crippen LogP contribution is -2.45. The Morgan fingerprint density at radius 3 is 1.17 bits per heavy atom. The van der Waals surface area contributed by atoms with Crippen molar-refractivity contribution in [1.82, 2.24) is 5.32 Å². The van der Waals surface area contributed by atoms with Gasteiger partial charge in [-0.2, -0.15) is 0 Å². The molecular weight excluding hydrogens is 735 g/mol. The highest BCUT2D eigenvalue weighted by molar-refractivity contribution is 5.76. The quantitative estimate of drug-likeness (QED) is 0.0424. The van der Waals surface area contributed by atoms with Crippen LogP contribution in [0.5, 0.6) is 0 Å². The number of unbranched alkanes of at least 4 members (excludes halogenated alkanes) is 15. The Balaban J connectivity index is 3.73. The van der Waals surface area contributed by atoms with Gasteiger partial charge in [0, 0.05) is 6.42 Å². The molecule has 2 atom stereocenters. The summed E-state index contributed by atoms with van der Waals surface area (Å²) in [6, 6.07) is -0.664. The highest BCUT2D eigenvalue weighted by atomic mass is 16.3. The van der Waals surface area contributed by atoms with Gasteiger partial charge in [-0.05, 0) is 109 Å². The maximum absolute atomic E-state index is 12.4. The van der Waals surface area contributed by atoms with Crippen LogP contribution in [-0.2, 0) is 4.79 Å². The van der Waals surface area contributed by atoms with Gasteiger partial charge in [0.25, 0.3) is 0 Å². The summed E-state index contributed by atoms with van der Waals surface area (Å²) in [5.74, 6) is -0.0996. The summed E-state index contributed by atoms with van der Waals surface area (Å²) in [5.41, 5.74) is 0. The lowest BCUT2D eigenvalue weighted by molar-refractivity contribution is -0.123. The second-order valence-corrected chi connectivity index (χ2v) is 15.8. The van der Waals surface area contributed by atoms with E-state index in [1.54, 1.807) is 6.08 Å². The highest BCUT2D eigenvalue weighted by Crippen LogP contribution is 2.11. The molecule has 0 aliphatic carbocycles. The van der Waals surface area contributed by atoms with Crippen molar-refractivity contribution in [1.29, 1.82) is 0 Å². The molecule has 0 rings (SSSR count). The smallest absolute Gasteiger partial charge is 0.220 e. The number of allylic oxidation sites excluding steroid dienone is 21. The van der Waals surface area contributed by atoms with Crippen molar-refractivity contribution < 1.29 is 15.0 Å². The van der Waals surface area contributed by atoms with Crippen LogP contribution >= 0.6 is 0 Å². The molecule has 0 aromatic heterocycles. The van der Waals surface area contributed by atoms with Crippen molar-refractivity contribution in [2.75, 3.05) is 6.61 Å². The summed E-state index contributed by atoms with van der Waals surface area (Å²) in [7, 11) is 0. The van der Waals surface area contributed by atoms with Gasteiger partial charge in [-0.15, -0.1) is 0 Å². The van der Waals surface area contributed by atoms with E-state index in [2.05, 4.69) is 141 Å². The third kappa shape index (κ3) is 45.6. The summed E-state index contributed by atoms with van der Waals surface area (Å²) < 4.78 is 0. The van der Waals surface area contributed by atoms with Gasteiger partial charge in [-0.3, -0.25) is 4.79 Å². The highest BCUT2D eigenvalue weighted by Gasteiger charge is 2.17. The van der Waals surface area contributed by atoms with Crippen LogP contribution in [0, 0.1) is 0 Å². The van der Waals surface area contributed by atoms with Gasteiger partial charge in [0.2, 0.25) is 5.91 Å². The molecule has 0 aliphatic heterocycles. The van der Waals surface area contributed by atoms with Crippen LogP contribution in [0.3, 0.4) is 0 Å². The topological polar surface area (TPSA) is 69.6 Å². The Hall–Kier alpha value is -3.47. The molecule has 0 spiro atoms. The molecule has 0 fully saturated rings. The second kappa shape index (κ2) is 49.9. The fraction of sp³-hybridized carbons (Fsp3) is 0.589. The first-order chi connectivity index (χ1) is 29.7.